The van der Waals surface area contributed by atoms with Gasteiger partial charge in [-0.25, -0.2) is 4.98 Å². The van der Waals surface area contributed by atoms with Crippen LogP contribution in [0, 0.1) is 5.41 Å². The van der Waals surface area contributed by atoms with Gasteiger partial charge >= 0.3 is 0 Å². The number of anilines is 1. The number of nitrogens with one attached hydrogen (secondary N) is 1. The molecule has 2 radical (unpaired) electrons. The summed E-state index contributed by atoms with van der Waals surface area (Å²) < 4.78 is 1.94. The lowest BCUT2D eigenvalue weighted by Crippen LogP contribution is -2.80. The van der Waals surface area contributed by atoms with Crippen LogP contribution in [0.15, 0.2) is 36.8 Å². The van der Waals surface area contributed by atoms with Crippen LogP contribution in [0.4, 0.5) is 5.82 Å². The second kappa shape index (κ2) is 9.68. The molecule has 3 unspecified atom stereocenters. The van der Waals surface area contributed by atoms with E-state index in [2.05, 4.69) is 17.0 Å². The first-order valence-corrected chi connectivity index (χ1v) is 14.7. The number of nitrogens with zero attached hydrogens (tertiary/aromatic N) is 5. The van der Waals surface area contributed by atoms with E-state index < -0.39 is 35.1 Å². The fraction of sp³-hybridized carbons (Fsp3) is 0.467. The Morgan fingerprint density at radius 2 is 1.84 bits per heavy atom. The number of likely N-dealkylation sites (tertiary alicyclic amines) is 1. The quantitative estimate of drug-likeness (QED) is 0.231. The first kappa shape index (κ1) is 28.6. The van der Waals surface area contributed by atoms with Gasteiger partial charge in [0.25, 0.3) is 23.4 Å². The van der Waals surface area contributed by atoms with Crippen LogP contribution >= 0.6 is 0 Å². The van der Waals surface area contributed by atoms with Crippen molar-refractivity contribution in [2.24, 2.45) is 5.41 Å². The molecule has 1 aromatic carbocycles. The Bertz CT molecular complexity index is 1740. The molecule has 0 spiro atoms. The van der Waals surface area contributed by atoms with Crippen LogP contribution < -0.4 is 10.2 Å². The maximum atomic E-state index is 13.5. The molecule has 3 aliphatic heterocycles. The summed E-state index contributed by atoms with van der Waals surface area (Å²) in [5.74, 6) is -3.57. The number of carbonyl (C=O) groups is 4. The highest BCUT2D eigenvalue weighted by Gasteiger charge is 2.65. The van der Waals surface area contributed by atoms with E-state index in [-0.39, 0.29) is 28.7 Å². The molecule has 1 aliphatic carbocycles. The van der Waals surface area contributed by atoms with Crippen molar-refractivity contribution in [3.05, 3.63) is 53.5 Å². The molecule has 4 N–H and O–H groups in total. The van der Waals surface area contributed by atoms with E-state index in [1.807, 2.05) is 15.8 Å². The minimum absolute atomic E-state index is 0.116. The van der Waals surface area contributed by atoms with Crippen LogP contribution in [0.2, 0.25) is 0 Å². The lowest BCUT2D eigenvalue weighted by Gasteiger charge is -2.46. The van der Waals surface area contributed by atoms with Gasteiger partial charge in [-0.2, -0.15) is 5.10 Å². The summed E-state index contributed by atoms with van der Waals surface area (Å²) in [6.45, 7) is 3.46. The van der Waals surface area contributed by atoms with Crippen LogP contribution in [0.3, 0.4) is 0 Å². The number of aliphatic hydroxyl groups excluding tert-OH is 1. The molecule has 1 saturated carbocycles. The van der Waals surface area contributed by atoms with Gasteiger partial charge in [0.2, 0.25) is 5.91 Å². The van der Waals surface area contributed by atoms with Crippen molar-refractivity contribution in [1.82, 2.24) is 25.0 Å². The molecule has 2 saturated heterocycles. The van der Waals surface area contributed by atoms with Crippen molar-refractivity contribution in [1.29, 1.82) is 0 Å². The summed E-state index contributed by atoms with van der Waals surface area (Å²) in [7, 11) is 5.53. The normalized spacial score (nSPS) is 28.4. The maximum Gasteiger partial charge on any atom is 0.283 e. The number of benzene rings is 1. The van der Waals surface area contributed by atoms with E-state index in [4.69, 9.17) is 7.85 Å². The van der Waals surface area contributed by atoms with Crippen molar-refractivity contribution >= 4 is 48.1 Å². The molecular formula is C30H31BN6O7. The zero-order valence-electron chi connectivity index (χ0n) is 24.1. The van der Waals surface area contributed by atoms with Crippen molar-refractivity contribution in [2.75, 3.05) is 18.0 Å². The molecule has 4 amide bonds. The van der Waals surface area contributed by atoms with Crippen LogP contribution in [0.5, 0.6) is 0 Å². The van der Waals surface area contributed by atoms with Gasteiger partial charge in [0, 0.05) is 42.7 Å². The SMILES string of the molecule is [B]C1(O)C(=O)NC(=O)C(O)(N2C(=O)c3cccc4c(Cc5cnn(C6CCN(C(=O)C7(C)CCC7)CC6)c5)cnc2c34)C1O. The third-order valence-electron chi connectivity index (χ3n) is 9.83. The number of hydrogen-bond acceptors (Lipinski definition) is 9. The van der Waals surface area contributed by atoms with Gasteiger partial charge in [-0.1, -0.05) is 25.5 Å². The number of piperidine rings is 2. The van der Waals surface area contributed by atoms with Crippen molar-refractivity contribution in [3.63, 3.8) is 0 Å². The molecular weight excluding hydrogens is 567 g/mol. The number of aliphatic hydroxyl groups is 3. The highest BCUT2D eigenvalue weighted by atomic mass is 16.4. The molecule has 7 rings (SSSR count). The minimum Gasteiger partial charge on any atom is -0.387 e. The molecule has 5 heterocycles. The third-order valence-corrected chi connectivity index (χ3v) is 9.83. The topological polar surface area (TPSA) is 178 Å². The predicted octanol–water partition coefficient (Wildman–Crippen LogP) is -0.101. The first-order valence-electron chi connectivity index (χ1n) is 14.7. The number of amides is 4. The molecule has 226 valence electrons. The third kappa shape index (κ3) is 3.97. The molecule has 14 heteroatoms. The summed E-state index contributed by atoms with van der Waals surface area (Å²) in [5, 5.41) is 39.7. The van der Waals surface area contributed by atoms with Crippen molar-refractivity contribution in [3.8, 4) is 0 Å². The average Bonchev–Trinajstić information content (AvgIpc) is 3.58. The fourth-order valence-electron chi connectivity index (χ4n) is 6.95. The Balaban J connectivity index is 1.13. The molecule has 0 bridgehead atoms. The highest BCUT2D eigenvalue weighted by molar-refractivity contribution is 6.33. The van der Waals surface area contributed by atoms with Crippen molar-refractivity contribution in [2.45, 2.75) is 68.8 Å². The lowest BCUT2D eigenvalue weighted by molar-refractivity contribution is -0.187. The van der Waals surface area contributed by atoms with E-state index in [9.17, 15) is 34.5 Å². The molecule has 4 aliphatic rings. The molecule has 44 heavy (non-hydrogen) atoms. The van der Waals surface area contributed by atoms with E-state index in [1.54, 1.807) is 23.6 Å². The van der Waals surface area contributed by atoms with Crippen LogP contribution in [0.1, 0.15) is 66.6 Å². The number of aromatic nitrogens is 3. The fourth-order valence-corrected chi connectivity index (χ4v) is 6.95. The van der Waals surface area contributed by atoms with E-state index in [0.717, 1.165) is 43.2 Å². The van der Waals surface area contributed by atoms with Gasteiger partial charge in [0.1, 0.15) is 25.3 Å². The predicted molar refractivity (Wildman–Crippen MR) is 155 cm³/mol. The van der Waals surface area contributed by atoms with Gasteiger partial charge in [-0.05, 0) is 48.3 Å². The van der Waals surface area contributed by atoms with Crippen LogP contribution in [-0.2, 0) is 20.8 Å². The Labute approximate surface area is 253 Å². The summed E-state index contributed by atoms with van der Waals surface area (Å²) in [5.41, 5.74) is -4.61. The smallest absolute Gasteiger partial charge is 0.283 e. The number of pyridine rings is 1. The molecule has 3 atom stereocenters. The largest absolute Gasteiger partial charge is 0.387 e. The monoisotopic (exact) mass is 598 g/mol. The van der Waals surface area contributed by atoms with Gasteiger partial charge in [0.05, 0.1) is 17.8 Å². The first-order chi connectivity index (χ1) is 20.9. The van der Waals surface area contributed by atoms with E-state index >= 15 is 0 Å². The van der Waals surface area contributed by atoms with E-state index in [1.165, 1.54) is 12.3 Å². The average molecular weight is 598 g/mol. The number of imide groups is 1. The molecule has 2 aromatic heterocycles. The Hall–Kier alpha value is -4.14. The highest BCUT2D eigenvalue weighted by Crippen LogP contribution is 2.44. The zero-order valence-corrected chi connectivity index (χ0v) is 24.1. The number of rotatable bonds is 5. The lowest BCUT2D eigenvalue weighted by atomic mass is 9.69. The van der Waals surface area contributed by atoms with E-state index in [0.29, 0.717) is 35.2 Å². The van der Waals surface area contributed by atoms with Gasteiger partial charge in [-0.15, -0.1) is 0 Å². The summed E-state index contributed by atoms with van der Waals surface area (Å²) >= 11 is 0. The number of carbonyl (C=O) groups excluding carboxylic acids is 4. The Morgan fingerprint density at radius 3 is 2.52 bits per heavy atom. The maximum absolute atomic E-state index is 13.5. The van der Waals surface area contributed by atoms with Crippen molar-refractivity contribution < 1.29 is 34.5 Å². The molecule has 3 fully saturated rings. The zero-order chi connectivity index (χ0) is 31.2. The molecule has 3 aromatic rings. The summed E-state index contributed by atoms with van der Waals surface area (Å²) in [4.78, 5) is 58.3. The number of hydrogen-bond donors (Lipinski definition) is 4. The van der Waals surface area contributed by atoms with Crippen LogP contribution in [0.25, 0.3) is 10.8 Å². The summed E-state index contributed by atoms with van der Waals surface area (Å²) in [6.07, 6.45) is 7.77. The van der Waals surface area contributed by atoms with Gasteiger partial charge in [-0.3, -0.25) is 34.1 Å². The summed E-state index contributed by atoms with van der Waals surface area (Å²) in [6, 6.07) is 5.09. The second-order valence-corrected chi connectivity index (χ2v) is 12.7. The minimum atomic E-state index is -3.12. The second-order valence-electron chi connectivity index (χ2n) is 12.7. The van der Waals surface area contributed by atoms with Gasteiger partial charge in [0.15, 0.2) is 0 Å². The van der Waals surface area contributed by atoms with Gasteiger partial charge < -0.3 is 20.2 Å². The standard InChI is InChI=1S/C30H31BN6O7/c1-28(8-3-9-28)27(42)35-10-6-18(7-11-35)36-15-16(13-33-36)12-17-14-32-22-21-19(17)4-2-5-20(21)23(38)37(22)30(44)24(39)29(31,43)25(40)34-26(30)41/h2,4-5,13-15,18,24,39,43-44H,3,6-12H2,1H3,(H,34,40,41). The van der Waals surface area contributed by atoms with Crippen LogP contribution in [-0.4, -0.2) is 96.9 Å². The Morgan fingerprint density at radius 1 is 1.11 bits per heavy atom. The Kier molecular flexibility index (Phi) is 6.30. The molecule has 13 nitrogen and oxygen atoms in total.